The first-order chi connectivity index (χ1) is 4.18. The fraction of sp³-hybridized carbons (Fsp3) is 0. The van der Waals surface area contributed by atoms with Gasteiger partial charge in [0.05, 0.1) is 0 Å². The van der Waals surface area contributed by atoms with Crippen LogP contribution in [0.4, 0.5) is 0 Å². The maximum absolute atomic E-state index is 10.2. The monoisotopic (exact) mass is 237 g/mol. The van der Waals surface area contributed by atoms with Crippen molar-refractivity contribution in [2.24, 2.45) is 0 Å². The summed E-state index contributed by atoms with van der Waals surface area (Å²) in [4.78, 5) is 35.9. The Morgan fingerprint density at radius 2 is 1.00 bits per heavy atom. The Hall–Kier alpha value is -0.149. The van der Waals surface area contributed by atoms with Crippen LogP contribution >= 0.6 is 0 Å². The van der Waals surface area contributed by atoms with Crippen molar-refractivity contribution >= 4 is 45.5 Å². The molecule has 0 amide bonds. The summed E-state index contributed by atoms with van der Waals surface area (Å²) in [6.45, 7) is 0. The van der Waals surface area contributed by atoms with Gasteiger partial charge in [-0.05, 0) is 0 Å². The minimum atomic E-state index is -0.802. The number of rotatable bonds is 0. The number of nitrogens with one attached hydrogen (secondary N) is 3. The summed E-state index contributed by atoms with van der Waals surface area (Å²) in [6, 6.07) is 0. The third-order valence-corrected chi connectivity index (χ3v) is 0.681. The van der Waals surface area contributed by atoms with E-state index in [1.807, 2.05) is 0 Å². The summed E-state index contributed by atoms with van der Waals surface area (Å²) in [7, 11) is 0. The Bertz CT molecular complexity index is 291. The van der Waals surface area contributed by atoms with E-state index in [1.54, 1.807) is 15.0 Å². The van der Waals surface area contributed by atoms with Gasteiger partial charge >= 0.3 is 62.6 Å². The SMILES string of the molecule is O.O=c1[nH]c(=O)[nH]c(=O)[nH]1.[H-].[H-].[Sr+2]. The van der Waals surface area contributed by atoms with E-state index in [2.05, 4.69) is 0 Å². The maximum atomic E-state index is 10.2. The molecule has 0 aliphatic carbocycles. The number of hydrogen-bond acceptors (Lipinski definition) is 3. The van der Waals surface area contributed by atoms with Gasteiger partial charge in [-0.1, -0.05) is 0 Å². The average Bonchev–Trinajstić information content (AvgIpc) is 1.59. The molecule has 0 saturated carbocycles. The van der Waals surface area contributed by atoms with E-state index in [0.29, 0.717) is 0 Å². The Balaban J connectivity index is -0.000000101. The summed E-state index contributed by atoms with van der Waals surface area (Å²) in [5.41, 5.74) is -2.41. The zero-order valence-electron chi connectivity index (χ0n) is 7.43. The van der Waals surface area contributed by atoms with Gasteiger partial charge in [-0.2, -0.15) is 0 Å². The molecule has 0 saturated heterocycles. The van der Waals surface area contributed by atoms with Gasteiger partial charge < -0.3 is 8.33 Å². The van der Waals surface area contributed by atoms with Crippen molar-refractivity contribution in [1.82, 2.24) is 15.0 Å². The van der Waals surface area contributed by atoms with Crippen molar-refractivity contribution in [3.8, 4) is 0 Å². The molecule has 0 aromatic carbocycles. The second-order valence-corrected chi connectivity index (χ2v) is 1.36. The van der Waals surface area contributed by atoms with Crippen LogP contribution in [0.5, 0.6) is 0 Å². The molecule has 0 spiro atoms. The van der Waals surface area contributed by atoms with Gasteiger partial charge in [0.2, 0.25) is 0 Å². The zero-order valence-corrected chi connectivity index (χ0v) is 8.91. The Labute approximate surface area is 99.4 Å². The number of hydrogen-bond donors (Lipinski definition) is 3. The summed E-state index contributed by atoms with van der Waals surface area (Å²) in [6.07, 6.45) is 0. The Morgan fingerprint density at radius 1 is 0.818 bits per heavy atom. The van der Waals surface area contributed by atoms with Gasteiger partial charge in [0.15, 0.2) is 0 Å². The van der Waals surface area contributed by atoms with Gasteiger partial charge in [-0.15, -0.1) is 0 Å². The number of aromatic nitrogens is 3. The Morgan fingerprint density at radius 3 is 1.18 bits per heavy atom. The zero-order chi connectivity index (χ0) is 6.85. The molecule has 0 aliphatic heterocycles. The minimum Gasteiger partial charge on any atom is -1.00 e. The van der Waals surface area contributed by atoms with Crippen LogP contribution in [0.1, 0.15) is 2.85 Å². The van der Waals surface area contributed by atoms with E-state index >= 15 is 0 Å². The normalized spacial score (nSPS) is 7.64. The van der Waals surface area contributed by atoms with Crippen molar-refractivity contribution in [1.29, 1.82) is 0 Å². The molecule has 0 fully saturated rings. The first kappa shape index (κ1) is 13.4. The van der Waals surface area contributed by atoms with Gasteiger partial charge in [0.1, 0.15) is 0 Å². The fourth-order valence-corrected chi connectivity index (χ4v) is 0.403. The second-order valence-electron chi connectivity index (χ2n) is 1.36. The molecule has 1 heterocycles. The van der Waals surface area contributed by atoms with E-state index < -0.39 is 17.1 Å². The molecule has 0 bridgehead atoms. The molecule has 5 N–H and O–H groups in total. The van der Waals surface area contributed by atoms with Crippen LogP contribution in [0.2, 0.25) is 0 Å². The van der Waals surface area contributed by atoms with E-state index in [1.165, 1.54) is 0 Å². The molecule has 8 heteroatoms. The number of H-pyrrole nitrogens is 3. The van der Waals surface area contributed by atoms with Crippen LogP contribution in [-0.4, -0.2) is 65.9 Å². The number of aromatic amines is 3. The van der Waals surface area contributed by atoms with E-state index in [9.17, 15) is 14.4 Å². The van der Waals surface area contributed by atoms with Crippen LogP contribution in [0.15, 0.2) is 14.4 Å². The van der Waals surface area contributed by atoms with Crippen molar-refractivity contribution in [3.63, 3.8) is 0 Å². The van der Waals surface area contributed by atoms with Gasteiger partial charge in [0.25, 0.3) is 0 Å². The van der Waals surface area contributed by atoms with Gasteiger partial charge in [-0.25, -0.2) is 14.4 Å². The second kappa shape index (κ2) is 5.49. The smallest absolute Gasteiger partial charge is 1.00 e. The van der Waals surface area contributed by atoms with E-state index in [4.69, 9.17) is 0 Å². The molecule has 1 aromatic heterocycles. The molecule has 1 rings (SSSR count). The topological polar surface area (TPSA) is 130 Å². The first-order valence-corrected chi connectivity index (χ1v) is 2.11. The fourth-order valence-electron chi connectivity index (χ4n) is 0.403. The van der Waals surface area contributed by atoms with Crippen LogP contribution in [0.3, 0.4) is 0 Å². The van der Waals surface area contributed by atoms with Crippen molar-refractivity contribution < 1.29 is 8.33 Å². The summed E-state index contributed by atoms with van der Waals surface area (Å²) in [5.74, 6) is 0. The third kappa shape index (κ3) is 4.32. The summed E-state index contributed by atoms with van der Waals surface area (Å²) >= 11 is 0. The molecule has 0 atom stereocenters. The third-order valence-electron chi connectivity index (χ3n) is 0.681. The van der Waals surface area contributed by atoms with Gasteiger partial charge in [-0.3, -0.25) is 15.0 Å². The van der Waals surface area contributed by atoms with Crippen LogP contribution in [-0.2, 0) is 0 Å². The van der Waals surface area contributed by atoms with Crippen LogP contribution < -0.4 is 17.1 Å². The van der Waals surface area contributed by atoms with Crippen LogP contribution in [0, 0.1) is 0 Å². The van der Waals surface area contributed by atoms with Gasteiger partial charge in [0, 0.05) is 0 Å². The molecule has 60 valence electrons. The predicted octanol–water partition coefficient (Wildman–Crippen LogP) is -3.23. The first-order valence-electron chi connectivity index (χ1n) is 2.11. The average molecular weight is 237 g/mol. The van der Waals surface area contributed by atoms with Crippen molar-refractivity contribution in [3.05, 3.63) is 31.5 Å². The van der Waals surface area contributed by atoms with Crippen LogP contribution in [0.25, 0.3) is 0 Å². The molecule has 7 nitrogen and oxygen atoms in total. The molecule has 1 aromatic rings. The maximum Gasteiger partial charge on any atom is 2.00 e. The standard InChI is InChI=1S/C3H3N3O3.H2O.Sr.2H/c7-1-4-2(8)6-3(9)5-1;;;;/h(H3,4,5,6,7,8,9);1H2;;;/q;;+2;2*-1. The molecule has 11 heavy (non-hydrogen) atoms. The molecule has 0 radical (unpaired) electrons. The molecular weight excluding hydrogens is 230 g/mol. The Kier molecular flexibility index (Phi) is 6.71. The molecular formula is C3H7N3O4Sr. The van der Waals surface area contributed by atoms with Crippen molar-refractivity contribution in [2.45, 2.75) is 0 Å². The van der Waals surface area contributed by atoms with Crippen molar-refractivity contribution in [2.75, 3.05) is 0 Å². The summed E-state index contributed by atoms with van der Waals surface area (Å²) in [5, 5.41) is 0. The quantitative estimate of drug-likeness (QED) is 0.410. The minimum absolute atomic E-state index is 0. The van der Waals surface area contributed by atoms with E-state index in [0.717, 1.165) is 0 Å². The molecule has 0 aliphatic rings. The molecule has 0 unspecified atom stereocenters. The largest absolute Gasteiger partial charge is 2.00 e. The summed E-state index contributed by atoms with van der Waals surface area (Å²) < 4.78 is 0. The van der Waals surface area contributed by atoms with E-state index in [-0.39, 0.29) is 53.8 Å². The predicted molar refractivity (Wildman–Crippen MR) is 39.9 cm³/mol.